The van der Waals surface area contributed by atoms with Gasteiger partial charge in [0.05, 0.1) is 23.3 Å². The molecule has 0 radical (unpaired) electrons. The van der Waals surface area contributed by atoms with Crippen molar-refractivity contribution >= 4 is 29.1 Å². The van der Waals surface area contributed by atoms with Gasteiger partial charge in [0.1, 0.15) is 0 Å². The van der Waals surface area contributed by atoms with E-state index in [2.05, 4.69) is 10.2 Å². The highest BCUT2D eigenvalue weighted by Gasteiger charge is 2.43. The number of nitrogens with zero attached hydrogens (tertiary/aromatic N) is 1. The molecular formula is C16H20Cl2N2O2. The third-order valence-electron chi connectivity index (χ3n) is 4.33. The monoisotopic (exact) mass is 342 g/mol. The molecule has 1 saturated carbocycles. The van der Waals surface area contributed by atoms with Gasteiger partial charge in [-0.2, -0.15) is 0 Å². The molecular weight excluding hydrogens is 323 g/mol. The van der Waals surface area contributed by atoms with Crippen molar-refractivity contribution in [2.24, 2.45) is 5.92 Å². The fourth-order valence-corrected chi connectivity index (χ4v) is 3.20. The lowest BCUT2D eigenvalue weighted by molar-refractivity contribution is -0.122. The second kappa shape index (κ2) is 7.18. The van der Waals surface area contributed by atoms with Crippen molar-refractivity contribution in [2.45, 2.75) is 12.3 Å². The summed E-state index contributed by atoms with van der Waals surface area (Å²) in [5, 5.41) is 4.14. The third-order valence-corrected chi connectivity index (χ3v) is 5.07. The summed E-state index contributed by atoms with van der Waals surface area (Å²) in [6.45, 7) is 5.06. The summed E-state index contributed by atoms with van der Waals surface area (Å²) in [6, 6.07) is 5.63. The molecule has 1 amide bonds. The Bertz CT molecular complexity index is 547. The van der Waals surface area contributed by atoms with Gasteiger partial charge < -0.3 is 10.1 Å². The van der Waals surface area contributed by atoms with Gasteiger partial charge in [0, 0.05) is 32.1 Å². The number of ether oxygens (including phenoxy) is 1. The van der Waals surface area contributed by atoms with Crippen LogP contribution in [0, 0.1) is 5.92 Å². The molecule has 22 heavy (non-hydrogen) atoms. The first-order valence-electron chi connectivity index (χ1n) is 7.68. The van der Waals surface area contributed by atoms with E-state index in [9.17, 15) is 4.79 Å². The van der Waals surface area contributed by atoms with Gasteiger partial charge in [-0.05, 0) is 30.0 Å². The van der Waals surface area contributed by atoms with Crippen molar-refractivity contribution < 1.29 is 9.53 Å². The molecule has 2 aliphatic rings. The quantitative estimate of drug-likeness (QED) is 0.893. The fourth-order valence-electron chi connectivity index (χ4n) is 2.89. The number of morpholine rings is 1. The van der Waals surface area contributed by atoms with E-state index < -0.39 is 0 Å². The molecule has 1 aliphatic heterocycles. The summed E-state index contributed by atoms with van der Waals surface area (Å²) in [5.41, 5.74) is 1.10. The van der Waals surface area contributed by atoms with E-state index in [1.807, 2.05) is 12.1 Å². The highest BCUT2D eigenvalue weighted by molar-refractivity contribution is 6.42. The van der Waals surface area contributed by atoms with Crippen LogP contribution in [0.4, 0.5) is 0 Å². The maximum Gasteiger partial charge on any atom is 0.223 e. The van der Waals surface area contributed by atoms with Gasteiger partial charge in [-0.3, -0.25) is 9.69 Å². The van der Waals surface area contributed by atoms with E-state index >= 15 is 0 Å². The van der Waals surface area contributed by atoms with Crippen molar-refractivity contribution in [1.82, 2.24) is 10.2 Å². The van der Waals surface area contributed by atoms with Crippen LogP contribution in [-0.2, 0) is 9.53 Å². The van der Waals surface area contributed by atoms with E-state index in [1.54, 1.807) is 6.07 Å². The van der Waals surface area contributed by atoms with E-state index in [0.29, 0.717) is 16.6 Å². The SMILES string of the molecule is O=C(NCCN1CCOCC1)[C@@H]1C[C@@H]1c1ccc(Cl)c(Cl)c1. The molecule has 0 aromatic heterocycles. The number of carbonyl (C=O) groups is 1. The average molecular weight is 343 g/mol. The van der Waals surface area contributed by atoms with E-state index in [1.165, 1.54) is 0 Å². The molecule has 0 unspecified atom stereocenters. The highest BCUT2D eigenvalue weighted by atomic mass is 35.5. The number of carbonyl (C=O) groups excluding carboxylic acids is 1. The maximum atomic E-state index is 12.2. The second-order valence-electron chi connectivity index (χ2n) is 5.87. The normalized spacial score (nSPS) is 25.0. The zero-order valence-electron chi connectivity index (χ0n) is 12.4. The largest absolute Gasteiger partial charge is 0.379 e. The molecule has 1 heterocycles. The summed E-state index contributed by atoms with van der Waals surface area (Å²) >= 11 is 12.0. The Kier molecular flexibility index (Phi) is 5.24. The number of halogens is 2. The standard InChI is InChI=1S/C16H20Cl2N2O2/c17-14-2-1-11(9-15(14)18)12-10-13(12)16(21)19-3-4-20-5-7-22-8-6-20/h1-2,9,12-13H,3-8,10H2,(H,19,21)/t12-,13-/m1/s1. The molecule has 0 bridgehead atoms. The average Bonchev–Trinajstić information content (AvgIpc) is 3.32. The number of amides is 1. The van der Waals surface area contributed by atoms with Crippen LogP contribution in [0.3, 0.4) is 0 Å². The summed E-state index contributed by atoms with van der Waals surface area (Å²) in [6.07, 6.45) is 0.890. The Labute approximate surface area is 140 Å². The lowest BCUT2D eigenvalue weighted by Crippen LogP contribution is -2.41. The van der Waals surface area contributed by atoms with Gasteiger partial charge in [-0.15, -0.1) is 0 Å². The van der Waals surface area contributed by atoms with Gasteiger partial charge in [0.15, 0.2) is 0 Å². The number of benzene rings is 1. The molecule has 1 saturated heterocycles. The Morgan fingerprint density at radius 2 is 2.05 bits per heavy atom. The van der Waals surface area contributed by atoms with Crippen molar-refractivity contribution in [3.63, 3.8) is 0 Å². The number of hydrogen-bond donors (Lipinski definition) is 1. The van der Waals surface area contributed by atoms with Crippen molar-refractivity contribution in [1.29, 1.82) is 0 Å². The minimum atomic E-state index is 0.0712. The summed E-state index contributed by atoms with van der Waals surface area (Å²) in [4.78, 5) is 14.5. The predicted octanol–water partition coefficient (Wildman–Crippen LogP) is 2.55. The van der Waals surface area contributed by atoms with Gasteiger partial charge in [0.2, 0.25) is 5.91 Å². The number of nitrogens with one attached hydrogen (secondary N) is 1. The van der Waals surface area contributed by atoms with Crippen LogP contribution >= 0.6 is 23.2 Å². The lowest BCUT2D eigenvalue weighted by atomic mass is 10.1. The van der Waals surface area contributed by atoms with Crippen molar-refractivity contribution in [3.8, 4) is 0 Å². The predicted molar refractivity (Wildman–Crippen MR) is 87.6 cm³/mol. The zero-order chi connectivity index (χ0) is 15.5. The zero-order valence-corrected chi connectivity index (χ0v) is 13.9. The van der Waals surface area contributed by atoms with Gasteiger partial charge in [0.25, 0.3) is 0 Å². The molecule has 2 fully saturated rings. The summed E-state index contributed by atoms with van der Waals surface area (Å²) in [7, 11) is 0. The second-order valence-corrected chi connectivity index (χ2v) is 6.68. The molecule has 6 heteroatoms. The first-order valence-corrected chi connectivity index (χ1v) is 8.43. The van der Waals surface area contributed by atoms with E-state index in [4.69, 9.17) is 27.9 Å². The van der Waals surface area contributed by atoms with E-state index in [-0.39, 0.29) is 17.7 Å². The third kappa shape index (κ3) is 3.93. The molecule has 1 aromatic carbocycles. The Morgan fingerprint density at radius 1 is 1.27 bits per heavy atom. The molecule has 2 atom stereocenters. The Morgan fingerprint density at radius 3 is 2.77 bits per heavy atom. The highest BCUT2D eigenvalue weighted by Crippen LogP contribution is 2.48. The van der Waals surface area contributed by atoms with Crippen LogP contribution in [0.15, 0.2) is 18.2 Å². The van der Waals surface area contributed by atoms with Gasteiger partial charge in [-0.25, -0.2) is 0 Å². The molecule has 1 aromatic rings. The molecule has 3 rings (SSSR count). The first-order chi connectivity index (χ1) is 10.6. The van der Waals surface area contributed by atoms with Crippen LogP contribution in [0.1, 0.15) is 17.9 Å². The minimum absolute atomic E-state index is 0.0712. The van der Waals surface area contributed by atoms with Gasteiger partial charge >= 0.3 is 0 Å². The molecule has 1 N–H and O–H groups in total. The fraction of sp³-hybridized carbons (Fsp3) is 0.562. The van der Waals surface area contributed by atoms with Crippen molar-refractivity contribution in [3.05, 3.63) is 33.8 Å². The smallest absolute Gasteiger partial charge is 0.223 e. The molecule has 120 valence electrons. The topological polar surface area (TPSA) is 41.6 Å². The maximum absolute atomic E-state index is 12.2. The molecule has 4 nitrogen and oxygen atoms in total. The minimum Gasteiger partial charge on any atom is -0.379 e. The van der Waals surface area contributed by atoms with Gasteiger partial charge in [-0.1, -0.05) is 29.3 Å². The van der Waals surface area contributed by atoms with Crippen LogP contribution in [-0.4, -0.2) is 50.2 Å². The van der Waals surface area contributed by atoms with Crippen LogP contribution in [0.25, 0.3) is 0 Å². The summed E-state index contributed by atoms with van der Waals surface area (Å²) in [5.74, 6) is 0.490. The Hall–Kier alpha value is -0.810. The number of rotatable bonds is 5. The lowest BCUT2D eigenvalue weighted by Gasteiger charge is -2.26. The van der Waals surface area contributed by atoms with E-state index in [0.717, 1.165) is 44.8 Å². The van der Waals surface area contributed by atoms with Crippen LogP contribution in [0.5, 0.6) is 0 Å². The molecule has 1 aliphatic carbocycles. The van der Waals surface area contributed by atoms with Crippen LogP contribution < -0.4 is 5.32 Å². The number of hydrogen-bond acceptors (Lipinski definition) is 3. The first kappa shape index (κ1) is 16.1. The van der Waals surface area contributed by atoms with Crippen molar-refractivity contribution in [2.75, 3.05) is 39.4 Å². The molecule has 0 spiro atoms. The summed E-state index contributed by atoms with van der Waals surface area (Å²) < 4.78 is 5.31. The van der Waals surface area contributed by atoms with Crippen LogP contribution in [0.2, 0.25) is 10.0 Å². The Balaban J connectivity index is 1.43.